The van der Waals surface area contributed by atoms with E-state index in [9.17, 15) is 19.7 Å². The lowest BCUT2D eigenvalue weighted by Crippen LogP contribution is -2.39. The fourth-order valence-electron chi connectivity index (χ4n) is 5.10. The number of nitrogens with zero attached hydrogens (tertiary/aromatic N) is 3. The minimum atomic E-state index is -0.841. The number of non-ortho nitro benzene ring substituents is 1. The van der Waals surface area contributed by atoms with Gasteiger partial charge in [-0.15, -0.1) is 0 Å². The van der Waals surface area contributed by atoms with Gasteiger partial charge in [0.05, 0.1) is 52.1 Å². The molecule has 3 heterocycles. The van der Waals surface area contributed by atoms with Gasteiger partial charge in [0.25, 0.3) is 11.2 Å². The van der Waals surface area contributed by atoms with Gasteiger partial charge in [0.2, 0.25) is 0 Å². The van der Waals surface area contributed by atoms with Gasteiger partial charge in [0, 0.05) is 22.7 Å². The number of benzene rings is 3. The van der Waals surface area contributed by atoms with Crippen LogP contribution in [-0.4, -0.2) is 29.2 Å². The lowest BCUT2D eigenvalue weighted by Gasteiger charge is -2.25. The number of hydrogen-bond acceptors (Lipinski definition) is 9. The lowest BCUT2D eigenvalue weighted by atomic mass is 9.93. The second kappa shape index (κ2) is 12.4. The molecule has 45 heavy (non-hydrogen) atoms. The SMILES string of the molecule is CCOC(=O)C1=C(c2ccccc2)N=c2s/c(=C\c3ccc(-c4ccc([N+](=O)[O-])cc4OC)o3)c(=O)n2C1c1ccc(Cl)cc1. The van der Waals surface area contributed by atoms with Gasteiger partial charge < -0.3 is 13.9 Å². The largest absolute Gasteiger partial charge is 0.496 e. The molecule has 12 heteroatoms. The molecule has 3 aromatic carbocycles. The summed E-state index contributed by atoms with van der Waals surface area (Å²) in [7, 11) is 1.42. The maximum Gasteiger partial charge on any atom is 0.338 e. The number of halogens is 1. The van der Waals surface area contributed by atoms with E-state index in [1.54, 1.807) is 55.5 Å². The molecule has 0 N–H and O–H groups in total. The Morgan fingerprint density at radius 1 is 1.11 bits per heavy atom. The van der Waals surface area contributed by atoms with E-state index >= 15 is 0 Å². The van der Waals surface area contributed by atoms with Gasteiger partial charge in [-0.05, 0) is 42.8 Å². The van der Waals surface area contributed by atoms with Crippen molar-refractivity contribution in [2.24, 2.45) is 4.99 Å². The average Bonchev–Trinajstić information content (AvgIpc) is 3.64. The number of carbonyl (C=O) groups excluding carboxylic acids is 1. The Morgan fingerprint density at radius 3 is 2.56 bits per heavy atom. The van der Waals surface area contributed by atoms with Crippen molar-refractivity contribution in [3.05, 3.63) is 142 Å². The van der Waals surface area contributed by atoms with Crippen molar-refractivity contribution in [3.63, 3.8) is 0 Å². The van der Waals surface area contributed by atoms with Crippen LogP contribution in [0, 0.1) is 10.1 Å². The summed E-state index contributed by atoms with van der Waals surface area (Å²) in [6, 6.07) is 23.0. The van der Waals surface area contributed by atoms with Crippen molar-refractivity contribution < 1.29 is 23.6 Å². The van der Waals surface area contributed by atoms with Gasteiger partial charge in [-0.1, -0.05) is 65.4 Å². The van der Waals surface area contributed by atoms with Gasteiger partial charge in [-0.2, -0.15) is 0 Å². The summed E-state index contributed by atoms with van der Waals surface area (Å²) in [5, 5.41) is 11.7. The highest BCUT2D eigenvalue weighted by atomic mass is 35.5. The zero-order chi connectivity index (χ0) is 31.7. The molecule has 0 saturated heterocycles. The summed E-state index contributed by atoms with van der Waals surface area (Å²) < 4.78 is 18.7. The average molecular weight is 642 g/mol. The highest BCUT2D eigenvalue weighted by Gasteiger charge is 2.35. The number of hydrogen-bond donors (Lipinski definition) is 0. The molecule has 0 radical (unpaired) electrons. The van der Waals surface area contributed by atoms with Gasteiger partial charge in [-0.3, -0.25) is 19.5 Å². The molecule has 2 aromatic heterocycles. The Hall–Kier alpha value is -5.26. The first kappa shape index (κ1) is 29.8. The zero-order valence-corrected chi connectivity index (χ0v) is 25.5. The lowest BCUT2D eigenvalue weighted by molar-refractivity contribution is -0.384. The molecule has 6 rings (SSSR count). The molecule has 1 aliphatic rings. The number of esters is 1. The first-order valence-corrected chi connectivity index (χ1v) is 14.9. The van der Waals surface area contributed by atoms with Gasteiger partial charge in [0.1, 0.15) is 17.3 Å². The fraction of sp³-hybridized carbons (Fsp3) is 0.121. The Bertz CT molecular complexity index is 2150. The highest BCUT2D eigenvalue weighted by molar-refractivity contribution is 7.07. The predicted octanol–water partition coefficient (Wildman–Crippen LogP) is 5.77. The second-order valence-corrected chi connectivity index (χ2v) is 11.3. The van der Waals surface area contributed by atoms with Crippen molar-refractivity contribution in [3.8, 4) is 17.1 Å². The standard InChI is InChI=1S/C33H24ClN3O7S/c1-3-43-32(39)28-29(19-7-5-4-6-8-19)35-33-36(30(28)20-9-11-21(34)12-10-20)31(38)27(45-33)18-23-14-16-25(44-23)24-15-13-22(37(40)41)17-26(24)42-2/h4-18,30H,3H2,1-2H3/b27-18-. The van der Waals surface area contributed by atoms with E-state index in [0.29, 0.717) is 48.3 Å². The predicted molar refractivity (Wildman–Crippen MR) is 170 cm³/mol. The number of ether oxygens (including phenoxy) is 2. The normalized spacial score (nSPS) is 14.6. The third-order valence-corrected chi connectivity index (χ3v) is 8.36. The third-order valence-electron chi connectivity index (χ3n) is 7.12. The summed E-state index contributed by atoms with van der Waals surface area (Å²) in [6.07, 6.45) is 1.60. The summed E-state index contributed by atoms with van der Waals surface area (Å²) in [6.45, 7) is 1.86. The minimum Gasteiger partial charge on any atom is -0.496 e. The van der Waals surface area contributed by atoms with Crippen molar-refractivity contribution in [2.45, 2.75) is 13.0 Å². The molecule has 0 fully saturated rings. The second-order valence-electron chi connectivity index (χ2n) is 9.83. The van der Waals surface area contributed by atoms with Crippen molar-refractivity contribution in [1.82, 2.24) is 4.57 Å². The van der Waals surface area contributed by atoms with Crippen LogP contribution in [-0.2, 0) is 9.53 Å². The summed E-state index contributed by atoms with van der Waals surface area (Å²) in [4.78, 5) is 43.5. The zero-order valence-electron chi connectivity index (χ0n) is 23.9. The van der Waals surface area contributed by atoms with E-state index < -0.39 is 16.9 Å². The molecule has 1 unspecified atom stereocenters. The molecule has 0 saturated carbocycles. The molecule has 1 atom stereocenters. The monoisotopic (exact) mass is 641 g/mol. The number of carbonyl (C=O) groups is 1. The van der Waals surface area contributed by atoms with Crippen LogP contribution in [0.15, 0.2) is 105 Å². The number of furan rings is 1. The molecular formula is C33H24ClN3O7S. The summed E-state index contributed by atoms with van der Waals surface area (Å²) in [5.74, 6) is 0.455. The number of aromatic nitrogens is 1. The quantitative estimate of drug-likeness (QED) is 0.120. The molecule has 1 aliphatic heterocycles. The first-order valence-electron chi connectivity index (χ1n) is 13.8. The van der Waals surface area contributed by atoms with Crippen LogP contribution in [0.1, 0.15) is 29.9 Å². The van der Waals surface area contributed by atoms with Crippen molar-refractivity contribution in [2.75, 3.05) is 13.7 Å². The molecular weight excluding hydrogens is 618 g/mol. The van der Waals surface area contributed by atoms with E-state index in [2.05, 4.69) is 0 Å². The van der Waals surface area contributed by atoms with Crippen LogP contribution < -0.4 is 19.6 Å². The molecule has 0 bridgehead atoms. The van der Waals surface area contributed by atoms with Crippen LogP contribution in [0.5, 0.6) is 5.75 Å². The van der Waals surface area contributed by atoms with Crippen LogP contribution in [0.25, 0.3) is 23.1 Å². The highest BCUT2D eigenvalue weighted by Crippen LogP contribution is 2.36. The van der Waals surface area contributed by atoms with Gasteiger partial charge in [0.15, 0.2) is 4.80 Å². The number of nitro benzene ring substituents is 1. The van der Waals surface area contributed by atoms with Crippen molar-refractivity contribution in [1.29, 1.82) is 0 Å². The third kappa shape index (κ3) is 5.70. The fourth-order valence-corrected chi connectivity index (χ4v) is 6.21. The molecule has 5 aromatic rings. The van der Waals surface area contributed by atoms with Crippen LogP contribution >= 0.6 is 22.9 Å². The Labute approximate surface area is 264 Å². The number of rotatable bonds is 8. The summed E-state index contributed by atoms with van der Waals surface area (Å²) in [5.41, 5.74) is 2.02. The topological polar surface area (TPSA) is 126 Å². The van der Waals surface area contributed by atoms with Gasteiger partial charge in [-0.25, -0.2) is 9.79 Å². The maximum atomic E-state index is 14.1. The molecule has 0 amide bonds. The number of methoxy groups -OCH3 is 1. The van der Waals surface area contributed by atoms with Gasteiger partial charge >= 0.3 is 5.97 Å². The van der Waals surface area contributed by atoms with E-state index in [-0.39, 0.29) is 29.2 Å². The Kier molecular flexibility index (Phi) is 8.20. The Morgan fingerprint density at radius 2 is 1.87 bits per heavy atom. The van der Waals surface area contributed by atoms with Crippen LogP contribution in [0.3, 0.4) is 0 Å². The number of fused-ring (bicyclic) bond motifs is 1. The van der Waals surface area contributed by atoms with Crippen LogP contribution in [0.4, 0.5) is 5.69 Å². The minimum absolute atomic E-state index is 0.115. The van der Waals surface area contributed by atoms with E-state index in [1.165, 1.54) is 23.8 Å². The van der Waals surface area contributed by atoms with Crippen LogP contribution in [0.2, 0.25) is 5.02 Å². The number of nitro groups is 1. The van der Waals surface area contributed by atoms with E-state index in [0.717, 1.165) is 11.3 Å². The van der Waals surface area contributed by atoms with Crippen molar-refractivity contribution >= 4 is 46.4 Å². The molecule has 226 valence electrons. The summed E-state index contributed by atoms with van der Waals surface area (Å²) >= 11 is 7.35. The number of thiazole rings is 1. The smallest absolute Gasteiger partial charge is 0.338 e. The maximum absolute atomic E-state index is 14.1. The molecule has 0 spiro atoms. The first-order chi connectivity index (χ1) is 21.8. The van der Waals surface area contributed by atoms with E-state index in [4.69, 9.17) is 30.5 Å². The molecule has 10 nitrogen and oxygen atoms in total. The molecule has 0 aliphatic carbocycles. The van der Waals surface area contributed by atoms with E-state index in [1.807, 2.05) is 30.3 Å². The Balaban J connectivity index is 1.52.